The Morgan fingerprint density at radius 2 is 2.23 bits per heavy atom. The lowest BCUT2D eigenvalue weighted by Gasteiger charge is -2.05. The first-order chi connectivity index (χ1) is 10.7. The molecule has 0 radical (unpaired) electrons. The van der Waals surface area contributed by atoms with Crippen LogP contribution in [-0.2, 0) is 0 Å². The van der Waals surface area contributed by atoms with E-state index in [0.29, 0.717) is 28.8 Å². The van der Waals surface area contributed by atoms with E-state index in [4.69, 9.17) is 0 Å². The number of aromatic amines is 1. The first-order valence-corrected chi connectivity index (χ1v) is 7.54. The average Bonchev–Trinajstić information content (AvgIpc) is 3.20. The van der Waals surface area contributed by atoms with Gasteiger partial charge in [0.25, 0.3) is 5.95 Å². The highest BCUT2D eigenvalue weighted by Crippen LogP contribution is 2.21. The Bertz CT molecular complexity index is 759. The van der Waals surface area contributed by atoms with Gasteiger partial charge in [-0.05, 0) is 6.42 Å². The lowest BCUT2D eigenvalue weighted by molar-refractivity contribution is 0.609. The third-order valence-electron chi connectivity index (χ3n) is 3.72. The largest absolute Gasteiger partial charge is 0.371 e. The number of unbranched alkanes of at least 4 members (excludes halogenated alkanes) is 1. The highest BCUT2D eigenvalue weighted by Gasteiger charge is 2.14. The SMILES string of the molecule is CCCC[C@@H](C)c1cn(-c2nc(NC)c3nc[nH]c3n2)nn1. The molecule has 0 amide bonds. The van der Waals surface area contributed by atoms with Crippen LogP contribution in [0.4, 0.5) is 5.82 Å². The summed E-state index contributed by atoms with van der Waals surface area (Å²) in [6.07, 6.45) is 6.98. The third-order valence-corrected chi connectivity index (χ3v) is 3.72. The van der Waals surface area contributed by atoms with E-state index in [0.717, 1.165) is 12.1 Å². The Hall–Kier alpha value is -2.51. The summed E-state index contributed by atoms with van der Waals surface area (Å²) in [4.78, 5) is 16.1. The van der Waals surface area contributed by atoms with E-state index >= 15 is 0 Å². The van der Waals surface area contributed by atoms with Gasteiger partial charge in [0, 0.05) is 13.0 Å². The standard InChI is InChI=1S/C14H20N8/c1-4-5-6-9(2)10-7-22(21-20-10)14-18-12(15-3)11-13(19-14)17-8-16-11/h7-9H,4-6H2,1-3H3,(H2,15,16,17,18,19)/t9-/m1/s1. The molecule has 0 aromatic carbocycles. The minimum atomic E-state index is 0.383. The van der Waals surface area contributed by atoms with Gasteiger partial charge >= 0.3 is 0 Å². The van der Waals surface area contributed by atoms with Gasteiger partial charge < -0.3 is 10.3 Å². The van der Waals surface area contributed by atoms with E-state index in [9.17, 15) is 0 Å². The van der Waals surface area contributed by atoms with Gasteiger partial charge in [0.15, 0.2) is 11.5 Å². The van der Waals surface area contributed by atoms with Crippen molar-refractivity contribution < 1.29 is 0 Å². The van der Waals surface area contributed by atoms with Crippen molar-refractivity contribution in [2.75, 3.05) is 12.4 Å². The fourth-order valence-electron chi connectivity index (χ4n) is 2.36. The molecule has 0 saturated carbocycles. The molecule has 0 aliphatic rings. The average molecular weight is 300 g/mol. The van der Waals surface area contributed by atoms with Crippen LogP contribution in [0.2, 0.25) is 0 Å². The molecule has 2 N–H and O–H groups in total. The van der Waals surface area contributed by atoms with E-state index in [1.807, 2.05) is 6.20 Å². The molecule has 0 saturated heterocycles. The summed E-state index contributed by atoms with van der Waals surface area (Å²) >= 11 is 0. The van der Waals surface area contributed by atoms with E-state index in [2.05, 4.69) is 49.4 Å². The molecule has 22 heavy (non-hydrogen) atoms. The van der Waals surface area contributed by atoms with Crippen LogP contribution in [0.25, 0.3) is 17.1 Å². The number of nitrogens with zero attached hydrogens (tertiary/aromatic N) is 6. The van der Waals surface area contributed by atoms with Gasteiger partial charge in [-0.1, -0.05) is 31.9 Å². The van der Waals surface area contributed by atoms with Crippen molar-refractivity contribution in [3.05, 3.63) is 18.2 Å². The Labute approximate surface area is 128 Å². The molecule has 3 aromatic rings. The lowest BCUT2D eigenvalue weighted by Crippen LogP contribution is -2.05. The molecule has 0 fully saturated rings. The Kier molecular flexibility index (Phi) is 3.99. The zero-order valence-corrected chi connectivity index (χ0v) is 13.0. The van der Waals surface area contributed by atoms with Gasteiger partial charge in [0.05, 0.1) is 18.2 Å². The second-order valence-electron chi connectivity index (χ2n) is 5.35. The predicted molar refractivity (Wildman–Crippen MR) is 84.1 cm³/mol. The molecule has 1 atom stereocenters. The van der Waals surface area contributed by atoms with Gasteiger partial charge in [-0.25, -0.2) is 4.98 Å². The second kappa shape index (κ2) is 6.08. The number of hydrogen-bond donors (Lipinski definition) is 2. The maximum Gasteiger partial charge on any atom is 0.256 e. The maximum atomic E-state index is 4.45. The number of nitrogens with one attached hydrogen (secondary N) is 2. The molecular formula is C14H20N8. The fourth-order valence-corrected chi connectivity index (χ4v) is 2.36. The number of fused-ring (bicyclic) bond motifs is 1. The molecule has 3 rings (SSSR count). The zero-order valence-electron chi connectivity index (χ0n) is 13.0. The predicted octanol–water partition coefficient (Wildman–Crippen LogP) is 2.27. The molecule has 0 spiro atoms. The van der Waals surface area contributed by atoms with Crippen molar-refractivity contribution in [1.29, 1.82) is 0 Å². The molecule has 116 valence electrons. The normalized spacial score (nSPS) is 12.7. The van der Waals surface area contributed by atoms with Crippen LogP contribution in [-0.4, -0.2) is 42.0 Å². The Morgan fingerprint density at radius 3 is 3.00 bits per heavy atom. The summed E-state index contributed by atoms with van der Waals surface area (Å²) < 4.78 is 1.61. The van der Waals surface area contributed by atoms with Crippen molar-refractivity contribution in [1.82, 2.24) is 34.9 Å². The minimum absolute atomic E-state index is 0.383. The number of anilines is 1. The van der Waals surface area contributed by atoms with Crippen LogP contribution in [0.3, 0.4) is 0 Å². The van der Waals surface area contributed by atoms with Crippen molar-refractivity contribution >= 4 is 17.0 Å². The summed E-state index contributed by atoms with van der Waals surface area (Å²) in [5, 5.41) is 11.4. The molecule has 0 aliphatic carbocycles. The number of imidazole rings is 1. The van der Waals surface area contributed by atoms with Crippen molar-refractivity contribution in [3.8, 4) is 5.95 Å². The summed E-state index contributed by atoms with van der Waals surface area (Å²) in [7, 11) is 1.81. The summed E-state index contributed by atoms with van der Waals surface area (Å²) in [5.41, 5.74) is 2.35. The van der Waals surface area contributed by atoms with Gasteiger partial charge in [0.2, 0.25) is 0 Å². The van der Waals surface area contributed by atoms with Crippen molar-refractivity contribution in [2.45, 2.75) is 39.0 Å². The monoisotopic (exact) mass is 300 g/mol. The van der Waals surface area contributed by atoms with E-state index < -0.39 is 0 Å². The van der Waals surface area contributed by atoms with E-state index in [1.165, 1.54) is 12.8 Å². The Morgan fingerprint density at radius 1 is 1.36 bits per heavy atom. The van der Waals surface area contributed by atoms with Crippen LogP contribution in [0.1, 0.15) is 44.7 Å². The fraction of sp³-hybridized carbons (Fsp3) is 0.500. The first-order valence-electron chi connectivity index (χ1n) is 7.54. The van der Waals surface area contributed by atoms with Crippen molar-refractivity contribution in [2.24, 2.45) is 0 Å². The Balaban J connectivity index is 1.92. The molecule has 0 bridgehead atoms. The molecule has 8 heteroatoms. The van der Waals surface area contributed by atoms with Gasteiger partial charge in [-0.3, -0.25) is 0 Å². The van der Waals surface area contributed by atoms with Gasteiger partial charge in [-0.15, -0.1) is 5.10 Å². The zero-order chi connectivity index (χ0) is 15.5. The third kappa shape index (κ3) is 2.63. The van der Waals surface area contributed by atoms with E-state index in [1.54, 1.807) is 18.1 Å². The number of hydrogen-bond acceptors (Lipinski definition) is 6. The minimum Gasteiger partial charge on any atom is -0.371 e. The van der Waals surface area contributed by atoms with Gasteiger partial charge in [0.1, 0.15) is 5.52 Å². The molecule has 8 nitrogen and oxygen atoms in total. The first kappa shape index (κ1) is 14.4. The van der Waals surface area contributed by atoms with E-state index in [-0.39, 0.29) is 0 Å². The second-order valence-corrected chi connectivity index (χ2v) is 5.35. The van der Waals surface area contributed by atoms with Crippen LogP contribution < -0.4 is 5.32 Å². The molecule has 3 heterocycles. The molecule has 0 aliphatic heterocycles. The smallest absolute Gasteiger partial charge is 0.256 e. The van der Waals surface area contributed by atoms with Crippen molar-refractivity contribution in [3.63, 3.8) is 0 Å². The summed E-state index contributed by atoms with van der Waals surface area (Å²) in [6.45, 7) is 4.36. The number of aromatic nitrogens is 7. The molecular weight excluding hydrogens is 280 g/mol. The highest BCUT2D eigenvalue weighted by atomic mass is 15.5. The van der Waals surface area contributed by atoms with Crippen LogP contribution in [0.5, 0.6) is 0 Å². The highest BCUT2D eigenvalue weighted by molar-refractivity contribution is 5.82. The quantitative estimate of drug-likeness (QED) is 0.724. The number of H-pyrrole nitrogens is 1. The summed E-state index contributed by atoms with van der Waals surface area (Å²) in [5.74, 6) is 1.52. The van der Waals surface area contributed by atoms with Gasteiger partial charge in [-0.2, -0.15) is 14.6 Å². The molecule has 3 aromatic heterocycles. The van der Waals surface area contributed by atoms with Crippen LogP contribution in [0.15, 0.2) is 12.5 Å². The summed E-state index contributed by atoms with van der Waals surface area (Å²) in [6, 6.07) is 0. The lowest BCUT2D eigenvalue weighted by atomic mass is 10.0. The van der Waals surface area contributed by atoms with Crippen LogP contribution in [0, 0.1) is 0 Å². The maximum absolute atomic E-state index is 4.45. The number of rotatable bonds is 6. The van der Waals surface area contributed by atoms with Crippen LogP contribution >= 0.6 is 0 Å². The molecule has 0 unspecified atom stereocenters. The topological polar surface area (TPSA) is 97.2 Å².